The van der Waals surface area contributed by atoms with Gasteiger partial charge >= 0.3 is 0 Å². The molecule has 1 amide bonds. The van der Waals surface area contributed by atoms with Gasteiger partial charge in [-0.3, -0.25) is 9.78 Å². The van der Waals surface area contributed by atoms with Gasteiger partial charge in [0.25, 0.3) is 5.91 Å². The molecule has 1 aromatic heterocycles. The van der Waals surface area contributed by atoms with Gasteiger partial charge in [-0.05, 0) is 54.6 Å². The molecule has 1 N–H and O–H groups in total. The molecule has 0 aliphatic heterocycles. The molecule has 3 aromatic rings. The van der Waals surface area contributed by atoms with E-state index in [1.165, 1.54) is 0 Å². The second-order valence-electron chi connectivity index (χ2n) is 5.43. The number of benzene rings is 2. The van der Waals surface area contributed by atoms with E-state index in [1.807, 2.05) is 0 Å². The summed E-state index contributed by atoms with van der Waals surface area (Å²) in [5.74, 6) is 1.00. The van der Waals surface area contributed by atoms with Gasteiger partial charge in [0, 0.05) is 23.0 Å². The van der Waals surface area contributed by atoms with Crippen LogP contribution in [0, 0.1) is 0 Å². The van der Waals surface area contributed by atoms with Crippen LogP contribution in [-0.2, 0) is 0 Å². The Morgan fingerprint density at radius 1 is 1.04 bits per heavy atom. The molecule has 0 bridgehead atoms. The van der Waals surface area contributed by atoms with E-state index in [0.717, 1.165) is 11.3 Å². The Morgan fingerprint density at radius 2 is 1.81 bits per heavy atom. The number of nitrogens with zero attached hydrogens (tertiary/aromatic N) is 1. The molecule has 3 rings (SSSR count). The van der Waals surface area contributed by atoms with Gasteiger partial charge in [-0.2, -0.15) is 0 Å². The van der Waals surface area contributed by atoms with Crippen LogP contribution in [-0.4, -0.2) is 25.1 Å². The van der Waals surface area contributed by atoms with Gasteiger partial charge in [-0.1, -0.05) is 11.6 Å². The SMILES string of the molecule is COc1ccc(NC(=O)c2ccc(-c3ncccc3Cl)c(OC)c2)cc1. The fourth-order valence-electron chi connectivity index (χ4n) is 2.49. The van der Waals surface area contributed by atoms with Crippen molar-refractivity contribution in [2.75, 3.05) is 19.5 Å². The minimum Gasteiger partial charge on any atom is -0.497 e. The molecule has 5 nitrogen and oxygen atoms in total. The maximum Gasteiger partial charge on any atom is 0.255 e. The zero-order chi connectivity index (χ0) is 18.5. The zero-order valence-electron chi connectivity index (χ0n) is 14.3. The number of ether oxygens (including phenoxy) is 2. The van der Waals surface area contributed by atoms with Crippen molar-refractivity contribution in [3.63, 3.8) is 0 Å². The number of methoxy groups -OCH3 is 2. The van der Waals surface area contributed by atoms with Crippen LogP contribution in [0.4, 0.5) is 5.69 Å². The van der Waals surface area contributed by atoms with Crippen LogP contribution in [0.1, 0.15) is 10.4 Å². The monoisotopic (exact) mass is 368 g/mol. The van der Waals surface area contributed by atoms with Crippen LogP contribution in [0.5, 0.6) is 11.5 Å². The average molecular weight is 369 g/mol. The third-order valence-electron chi connectivity index (χ3n) is 3.83. The summed E-state index contributed by atoms with van der Waals surface area (Å²) in [7, 11) is 3.14. The number of halogens is 1. The van der Waals surface area contributed by atoms with Gasteiger partial charge in [-0.15, -0.1) is 0 Å². The second-order valence-corrected chi connectivity index (χ2v) is 5.84. The summed E-state index contributed by atoms with van der Waals surface area (Å²) in [6.07, 6.45) is 1.66. The molecule has 0 saturated carbocycles. The first-order chi connectivity index (χ1) is 12.6. The maximum absolute atomic E-state index is 12.5. The summed E-state index contributed by atoms with van der Waals surface area (Å²) >= 11 is 6.21. The summed E-state index contributed by atoms with van der Waals surface area (Å²) < 4.78 is 10.5. The highest BCUT2D eigenvalue weighted by Crippen LogP contribution is 2.33. The molecule has 0 fully saturated rings. The molecule has 0 spiro atoms. The zero-order valence-corrected chi connectivity index (χ0v) is 15.1. The second kappa shape index (κ2) is 7.89. The van der Waals surface area contributed by atoms with Crippen LogP contribution in [0.2, 0.25) is 5.02 Å². The molecule has 1 heterocycles. The van der Waals surface area contributed by atoms with E-state index < -0.39 is 0 Å². The lowest BCUT2D eigenvalue weighted by Crippen LogP contribution is -2.12. The summed E-state index contributed by atoms with van der Waals surface area (Å²) in [6.45, 7) is 0. The van der Waals surface area contributed by atoms with Crippen LogP contribution in [0.3, 0.4) is 0 Å². The Labute approximate surface area is 156 Å². The van der Waals surface area contributed by atoms with E-state index in [9.17, 15) is 4.79 Å². The van der Waals surface area contributed by atoms with E-state index in [-0.39, 0.29) is 5.91 Å². The van der Waals surface area contributed by atoms with E-state index in [2.05, 4.69) is 10.3 Å². The third kappa shape index (κ3) is 3.78. The Kier molecular flexibility index (Phi) is 5.39. The lowest BCUT2D eigenvalue weighted by atomic mass is 10.1. The average Bonchev–Trinajstić information content (AvgIpc) is 2.68. The number of hydrogen-bond acceptors (Lipinski definition) is 4. The topological polar surface area (TPSA) is 60.5 Å². The Balaban J connectivity index is 1.86. The van der Waals surface area contributed by atoms with E-state index in [1.54, 1.807) is 75.0 Å². The number of carbonyl (C=O) groups excluding carboxylic acids is 1. The van der Waals surface area contributed by atoms with Crippen molar-refractivity contribution in [2.45, 2.75) is 0 Å². The Hall–Kier alpha value is -3.05. The first-order valence-corrected chi connectivity index (χ1v) is 8.24. The van der Waals surface area contributed by atoms with Crippen molar-refractivity contribution in [2.24, 2.45) is 0 Å². The largest absolute Gasteiger partial charge is 0.497 e. The minimum atomic E-state index is -0.243. The van der Waals surface area contributed by atoms with Crippen molar-refractivity contribution in [3.05, 3.63) is 71.4 Å². The minimum absolute atomic E-state index is 0.243. The molecule has 0 radical (unpaired) electrons. The van der Waals surface area contributed by atoms with E-state index in [4.69, 9.17) is 21.1 Å². The number of anilines is 1. The number of carbonyl (C=O) groups is 1. The molecule has 26 heavy (non-hydrogen) atoms. The molecule has 132 valence electrons. The van der Waals surface area contributed by atoms with Crippen molar-refractivity contribution in [1.82, 2.24) is 4.98 Å². The van der Waals surface area contributed by atoms with Crippen molar-refractivity contribution >= 4 is 23.2 Å². The quantitative estimate of drug-likeness (QED) is 0.710. The van der Waals surface area contributed by atoms with Gasteiger partial charge in [0.15, 0.2) is 0 Å². The van der Waals surface area contributed by atoms with Crippen LogP contribution in [0.25, 0.3) is 11.3 Å². The molecule has 0 aliphatic rings. The van der Waals surface area contributed by atoms with Crippen LogP contribution < -0.4 is 14.8 Å². The van der Waals surface area contributed by atoms with Gasteiger partial charge in [0.2, 0.25) is 0 Å². The van der Waals surface area contributed by atoms with Gasteiger partial charge < -0.3 is 14.8 Å². The number of hydrogen-bond donors (Lipinski definition) is 1. The highest BCUT2D eigenvalue weighted by molar-refractivity contribution is 6.33. The summed E-state index contributed by atoms with van der Waals surface area (Å²) in [5, 5.41) is 3.35. The predicted octanol–water partition coefficient (Wildman–Crippen LogP) is 4.67. The summed E-state index contributed by atoms with van der Waals surface area (Å²) in [5.41, 5.74) is 2.47. The fourth-order valence-corrected chi connectivity index (χ4v) is 2.71. The highest BCUT2D eigenvalue weighted by Gasteiger charge is 2.14. The third-order valence-corrected chi connectivity index (χ3v) is 4.13. The predicted molar refractivity (Wildman–Crippen MR) is 102 cm³/mol. The number of aromatic nitrogens is 1. The summed E-state index contributed by atoms with van der Waals surface area (Å²) in [4.78, 5) is 16.8. The van der Waals surface area contributed by atoms with Gasteiger partial charge in [0.1, 0.15) is 11.5 Å². The van der Waals surface area contributed by atoms with Gasteiger partial charge in [0.05, 0.1) is 24.9 Å². The molecule has 0 unspecified atom stereocenters. The van der Waals surface area contributed by atoms with Crippen LogP contribution in [0.15, 0.2) is 60.8 Å². The van der Waals surface area contributed by atoms with Crippen molar-refractivity contribution < 1.29 is 14.3 Å². The van der Waals surface area contributed by atoms with E-state index >= 15 is 0 Å². The molecule has 0 saturated heterocycles. The smallest absolute Gasteiger partial charge is 0.255 e. The van der Waals surface area contributed by atoms with Crippen molar-refractivity contribution in [1.29, 1.82) is 0 Å². The molecule has 2 aromatic carbocycles. The lowest BCUT2D eigenvalue weighted by Gasteiger charge is -2.12. The first-order valence-electron chi connectivity index (χ1n) is 7.86. The number of nitrogens with one attached hydrogen (secondary N) is 1. The van der Waals surface area contributed by atoms with E-state index in [0.29, 0.717) is 27.7 Å². The number of pyridine rings is 1. The molecule has 6 heteroatoms. The molecular weight excluding hydrogens is 352 g/mol. The Bertz CT molecular complexity index is 927. The normalized spacial score (nSPS) is 10.3. The summed E-state index contributed by atoms with van der Waals surface area (Å²) in [6, 6.07) is 15.8. The number of rotatable bonds is 5. The molecule has 0 atom stereocenters. The Morgan fingerprint density at radius 3 is 2.46 bits per heavy atom. The highest BCUT2D eigenvalue weighted by atomic mass is 35.5. The lowest BCUT2D eigenvalue weighted by molar-refractivity contribution is 0.102. The van der Waals surface area contributed by atoms with Gasteiger partial charge in [-0.25, -0.2) is 0 Å². The fraction of sp³-hybridized carbons (Fsp3) is 0.100. The standard InChI is InChI=1S/C20H17ClN2O3/c1-25-15-8-6-14(7-9-15)23-20(24)13-5-10-16(18(12-13)26-2)19-17(21)4-3-11-22-19/h3-12H,1-2H3,(H,23,24). The van der Waals surface area contributed by atoms with Crippen molar-refractivity contribution in [3.8, 4) is 22.8 Å². The molecule has 0 aliphatic carbocycles. The van der Waals surface area contributed by atoms with Crippen LogP contribution >= 0.6 is 11.6 Å². The number of amides is 1. The first kappa shape index (κ1) is 17.8. The maximum atomic E-state index is 12.5. The molecular formula is C20H17ClN2O3.